The van der Waals surface area contributed by atoms with Crippen molar-refractivity contribution in [2.45, 2.75) is 40.3 Å². The van der Waals surface area contributed by atoms with Crippen LogP contribution < -0.4 is 16.3 Å². The number of aryl methyl sites for hydroxylation is 3. The zero-order chi connectivity index (χ0) is 20.3. The minimum absolute atomic E-state index is 0.111. The Hall–Kier alpha value is -3.35. The summed E-state index contributed by atoms with van der Waals surface area (Å²) in [5, 5.41) is 5.57. The summed E-state index contributed by atoms with van der Waals surface area (Å²) < 4.78 is 3.34. The van der Waals surface area contributed by atoms with Crippen LogP contribution in [-0.2, 0) is 22.7 Å². The molecule has 1 heterocycles. The van der Waals surface area contributed by atoms with Crippen LogP contribution in [0.25, 0.3) is 11.0 Å². The van der Waals surface area contributed by atoms with Crippen LogP contribution in [0.5, 0.6) is 0 Å². The smallest absolute Gasteiger partial charge is 0.326 e. The first-order valence-corrected chi connectivity index (χ1v) is 9.27. The van der Waals surface area contributed by atoms with Crippen molar-refractivity contribution in [1.82, 2.24) is 9.13 Å². The molecule has 3 rings (SSSR count). The van der Waals surface area contributed by atoms with Crippen molar-refractivity contribution in [2.75, 3.05) is 10.6 Å². The fourth-order valence-corrected chi connectivity index (χ4v) is 3.26. The highest BCUT2D eigenvalue weighted by molar-refractivity contribution is 5.94. The summed E-state index contributed by atoms with van der Waals surface area (Å²) in [6, 6.07) is 12.9. The number of hydrogen-bond donors (Lipinski definition) is 2. The quantitative estimate of drug-likeness (QED) is 0.689. The first-order valence-electron chi connectivity index (χ1n) is 9.27. The molecule has 0 bridgehead atoms. The van der Waals surface area contributed by atoms with Gasteiger partial charge in [0.15, 0.2) is 0 Å². The van der Waals surface area contributed by atoms with Gasteiger partial charge in [-0.15, -0.1) is 0 Å². The molecular formula is C21H24N4O3. The number of nitrogens with one attached hydrogen (secondary N) is 2. The lowest BCUT2D eigenvalue weighted by atomic mass is 10.1. The number of anilines is 2. The zero-order valence-corrected chi connectivity index (χ0v) is 16.3. The van der Waals surface area contributed by atoms with Crippen molar-refractivity contribution in [3.05, 3.63) is 58.5 Å². The third kappa shape index (κ3) is 3.98. The van der Waals surface area contributed by atoms with Gasteiger partial charge in [0.25, 0.3) is 0 Å². The molecule has 2 N–H and O–H groups in total. The lowest BCUT2D eigenvalue weighted by Crippen LogP contribution is -2.25. The Labute approximate surface area is 163 Å². The lowest BCUT2D eigenvalue weighted by Gasteiger charge is -2.11. The zero-order valence-electron chi connectivity index (χ0n) is 16.3. The van der Waals surface area contributed by atoms with Crippen LogP contribution in [0.4, 0.5) is 11.4 Å². The van der Waals surface area contributed by atoms with Gasteiger partial charge in [0.05, 0.1) is 11.0 Å². The number of aromatic nitrogens is 2. The van der Waals surface area contributed by atoms with E-state index < -0.39 is 0 Å². The van der Waals surface area contributed by atoms with Crippen molar-refractivity contribution >= 4 is 34.2 Å². The van der Waals surface area contributed by atoms with E-state index in [0.717, 1.165) is 16.6 Å². The molecule has 3 aromatic rings. The molecule has 1 aromatic heterocycles. The fourth-order valence-electron chi connectivity index (χ4n) is 3.26. The van der Waals surface area contributed by atoms with Gasteiger partial charge in [0.1, 0.15) is 0 Å². The van der Waals surface area contributed by atoms with E-state index in [1.54, 1.807) is 21.3 Å². The Kier molecular flexibility index (Phi) is 5.63. The van der Waals surface area contributed by atoms with E-state index in [1.807, 2.05) is 44.2 Å². The number of rotatable bonds is 6. The number of para-hydroxylation sites is 2. The van der Waals surface area contributed by atoms with Crippen molar-refractivity contribution < 1.29 is 9.59 Å². The van der Waals surface area contributed by atoms with E-state index in [9.17, 15) is 14.4 Å². The monoisotopic (exact) mass is 380 g/mol. The van der Waals surface area contributed by atoms with E-state index in [2.05, 4.69) is 10.6 Å². The Balaban J connectivity index is 1.74. The second-order valence-corrected chi connectivity index (χ2v) is 6.68. The molecule has 0 saturated carbocycles. The molecule has 0 aliphatic carbocycles. The van der Waals surface area contributed by atoms with Gasteiger partial charge in [-0.2, -0.15) is 0 Å². The summed E-state index contributed by atoms with van der Waals surface area (Å²) >= 11 is 0. The van der Waals surface area contributed by atoms with Gasteiger partial charge in [-0.1, -0.05) is 18.2 Å². The number of imidazole rings is 1. The van der Waals surface area contributed by atoms with Gasteiger partial charge in [-0.25, -0.2) is 4.79 Å². The predicted octanol–water partition coefficient (Wildman–Crippen LogP) is 3.12. The third-order valence-electron chi connectivity index (χ3n) is 4.64. The highest BCUT2D eigenvalue weighted by Gasteiger charge is 2.13. The molecule has 7 nitrogen and oxygen atoms in total. The number of carbonyl (C=O) groups is 2. The maximum Gasteiger partial charge on any atom is 0.329 e. The van der Waals surface area contributed by atoms with Gasteiger partial charge in [0, 0.05) is 37.8 Å². The molecule has 28 heavy (non-hydrogen) atoms. The minimum atomic E-state index is -0.196. The second kappa shape index (κ2) is 8.12. The molecule has 0 aliphatic rings. The summed E-state index contributed by atoms with van der Waals surface area (Å²) in [4.78, 5) is 36.3. The molecule has 146 valence electrons. The summed E-state index contributed by atoms with van der Waals surface area (Å²) in [6.07, 6.45) is 0.168. The number of fused-ring (bicyclic) bond motifs is 1. The first kappa shape index (κ1) is 19.4. The average Bonchev–Trinajstić information content (AvgIpc) is 2.93. The number of benzene rings is 2. The Bertz CT molecular complexity index is 1090. The van der Waals surface area contributed by atoms with Gasteiger partial charge < -0.3 is 10.6 Å². The molecule has 0 unspecified atom stereocenters. The van der Waals surface area contributed by atoms with Crippen LogP contribution >= 0.6 is 0 Å². The standard InChI is InChI=1S/C21H24N4O3/c1-4-24-18-7-5-6-8-19(18)25(21(24)28)12-11-20(27)23-16-10-9-14(2)17(13-16)22-15(3)26/h5-10,13H,4,11-12H2,1-3H3,(H,22,26)(H,23,27). The third-order valence-corrected chi connectivity index (χ3v) is 4.64. The van der Waals surface area contributed by atoms with Crippen LogP contribution in [0, 0.1) is 6.92 Å². The number of nitrogens with zero attached hydrogens (tertiary/aromatic N) is 2. The van der Waals surface area contributed by atoms with E-state index in [0.29, 0.717) is 24.5 Å². The van der Waals surface area contributed by atoms with Gasteiger partial charge in [-0.05, 0) is 43.7 Å². The topological polar surface area (TPSA) is 85.1 Å². The first-order chi connectivity index (χ1) is 13.4. The molecule has 0 aliphatic heterocycles. The largest absolute Gasteiger partial charge is 0.329 e. The van der Waals surface area contributed by atoms with Crippen molar-refractivity contribution in [2.24, 2.45) is 0 Å². The maximum absolute atomic E-state index is 12.6. The maximum atomic E-state index is 12.6. The molecule has 0 fully saturated rings. The minimum Gasteiger partial charge on any atom is -0.326 e. The number of amides is 2. The molecule has 0 saturated heterocycles. The Morgan fingerprint density at radius 3 is 2.32 bits per heavy atom. The van der Waals surface area contributed by atoms with Gasteiger partial charge >= 0.3 is 5.69 Å². The van der Waals surface area contributed by atoms with E-state index in [1.165, 1.54) is 6.92 Å². The SMILES string of the molecule is CCn1c(=O)n(CCC(=O)Nc2ccc(C)c(NC(C)=O)c2)c2ccccc21. The van der Waals surface area contributed by atoms with Crippen molar-refractivity contribution in [1.29, 1.82) is 0 Å². The fraction of sp³-hybridized carbons (Fsp3) is 0.286. The summed E-state index contributed by atoms with van der Waals surface area (Å²) in [5.41, 5.74) is 3.75. The van der Waals surface area contributed by atoms with E-state index >= 15 is 0 Å². The highest BCUT2D eigenvalue weighted by Crippen LogP contribution is 2.20. The lowest BCUT2D eigenvalue weighted by molar-refractivity contribution is -0.116. The summed E-state index contributed by atoms with van der Waals surface area (Å²) in [6.45, 7) is 6.12. The molecule has 0 atom stereocenters. The molecule has 0 radical (unpaired) electrons. The van der Waals surface area contributed by atoms with Crippen molar-refractivity contribution in [3.8, 4) is 0 Å². The van der Waals surface area contributed by atoms with Crippen LogP contribution in [0.15, 0.2) is 47.3 Å². The van der Waals surface area contributed by atoms with Crippen LogP contribution in [0.1, 0.15) is 25.8 Å². The normalized spacial score (nSPS) is 10.8. The molecular weight excluding hydrogens is 356 g/mol. The summed E-state index contributed by atoms with van der Waals surface area (Å²) in [7, 11) is 0. The Morgan fingerprint density at radius 2 is 1.68 bits per heavy atom. The highest BCUT2D eigenvalue weighted by atomic mass is 16.2. The molecule has 0 spiro atoms. The number of hydrogen-bond acceptors (Lipinski definition) is 3. The Morgan fingerprint density at radius 1 is 1.00 bits per heavy atom. The number of carbonyl (C=O) groups excluding carboxylic acids is 2. The van der Waals surface area contributed by atoms with E-state index in [-0.39, 0.29) is 23.9 Å². The van der Waals surface area contributed by atoms with Gasteiger partial charge in [-0.3, -0.25) is 18.7 Å². The van der Waals surface area contributed by atoms with Gasteiger partial charge in [0.2, 0.25) is 11.8 Å². The second-order valence-electron chi connectivity index (χ2n) is 6.68. The average molecular weight is 380 g/mol. The molecule has 2 amide bonds. The molecule has 2 aromatic carbocycles. The molecule has 7 heteroatoms. The van der Waals surface area contributed by atoms with Crippen molar-refractivity contribution in [3.63, 3.8) is 0 Å². The van der Waals surface area contributed by atoms with Crippen LogP contribution in [-0.4, -0.2) is 20.9 Å². The van der Waals surface area contributed by atoms with Crippen LogP contribution in [0.2, 0.25) is 0 Å². The predicted molar refractivity (Wildman–Crippen MR) is 111 cm³/mol. The van der Waals surface area contributed by atoms with E-state index in [4.69, 9.17) is 0 Å². The van der Waals surface area contributed by atoms with Crippen LogP contribution in [0.3, 0.4) is 0 Å². The summed E-state index contributed by atoms with van der Waals surface area (Å²) in [5.74, 6) is -0.365.